The van der Waals surface area contributed by atoms with E-state index in [4.69, 9.17) is 11.6 Å². The molecule has 1 atom stereocenters. The summed E-state index contributed by atoms with van der Waals surface area (Å²) in [5.74, 6) is -0.966. The van der Waals surface area contributed by atoms with E-state index in [0.717, 1.165) is 17.8 Å². The van der Waals surface area contributed by atoms with Gasteiger partial charge in [-0.25, -0.2) is 0 Å². The van der Waals surface area contributed by atoms with Gasteiger partial charge in [0.15, 0.2) is 0 Å². The summed E-state index contributed by atoms with van der Waals surface area (Å²) in [6.07, 6.45) is -4.62. The molecule has 2 amide bonds. The Balaban J connectivity index is 1.58. The number of para-hydroxylation sites is 1. The molecule has 0 saturated carbocycles. The number of carbonyl (C=O) groups excluding carboxylic acids is 2. The molecular weight excluding hydrogens is 521 g/mol. The number of thioether (sulfide) groups is 1. The lowest BCUT2D eigenvalue weighted by Crippen LogP contribution is -2.21. The molecule has 0 heterocycles. The SMILES string of the molecule is O=C(Nc1cccc(SC(C(=O)Nc2ccccc2C(F)(F)F)c2ccccc2)c1)c1cccc(Cl)c1. The summed E-state index contributed by atoms with van der Waals surface area (Å²) >= 11 is 7.13. The van der Waals surface area contributed by atoms with E-state index in [9.17, 15) is 22.8 Å². The van der Waals surface area contributed by atoms with E-state index in [1.54, 1.807) is 78.9 Å². The van der Waals surface area contributed by atoms with E-state index in [1.165, 1.54) is 18.2 Å². The highest BCUT2D eigenvalue weighted by Crippen LogP contribution is 2.39. The number of hydrogen-bond acceptors (Lipinski definition) is 3. The maximum atomic E-state index is 13.5. The van der Waals surface area contributed by atoms with Crippen LogP contribution in [0.2, 0.25) is 5.02 Å². The molecule has 9 heteroatoms. The Morgan fingerprint density at radius 1 is 0.784 bits per heavy atom. The monoisotopic (exact) mass is 540 g/mol. The van der Waals surface area contributed by atoms with Crippen LogP contribution in [-0.2, 0) is 11.0 Å². The number of alkyl halides is 3. The molecule has 0 aliphatic rings. The van der Waals surface area contributed by atoms with Gasteiger partial charge in [0.05, 0.1) is 11.3 Å². The van der Waals surface area contributed by atoms with Crippen LogP contribution in [-0.4, -0.2) is 11.8 Å². The number of hydrogen-bond donors (Lipinski definition) is 2. The van der Waals surface area contributed by atoms with Crippen molar-refractivity contribution in [2.24, 2.45) is 0 Å². The summed E-state index contributed by atoms with van der Waals surface area (Å²) in [5.41, 5.74) is 0.248. The number of rotatable bonds is 7. The Bertz CT molecular complexity index is 1410. The van der Waals surface area contributed by atoms with Crippen molar-refractivity contribution in [2.75, 3.05) is 10.6 Å². The van der Waals surface area contributed by atoms with Crippen molar-refractivity contribution in [1.82, 2.24) is 0 Å². The predicted molar refractivity (Wildman–Crippen MR) is 141 cm³/mol. The minimum Gasteiger partial charge on any atom is -0.324 e. The first kappa shape index (κ1) is 26.3. The highest BCUT2D eigenvalue weighted by Gasteiger charge is 2.34. The zero-order valence-electron chi connectivity index (χ0n) is 19.1. The van der Waals surface area contributed by atoms with E-state index in [2.05, 4.69) is 10.6 Å². The van der Waals surface area contributed by atoms with Crippen LogP contribution in [0.3, 0.4) is 0 Å². The highest BCUT2D eigenvalue weighted by atomic mass is 35.5. The van der Waals surface area contributed by atoms with E-state index in [1.807, 2.05) is 0 Å². The van der Waals surface area contributed by atoms with E-state index < -0.39 is 22.9 Å². The van der Waals surface area contributed by atoms with Gasteiger partial charge in [-0.05, 0) is 54.1 Å². The van der Waals surface area contributed by atoms with Crippen LogP contribution >= 0.6 is 23.4 Å². The summed E-state index contributed by atoms with van der Waals surface area (Å²) in [6, 6.07) is 27.0. The van der Waals surface area contributed by atoms with E-state index in [0.29, 0.717) is 26.7 Å². The van der Waals surface area contributed by atoms with Crippen molar-refractivity contribution in [3.05, 3.63) is 125 Å². The summed E-state index contributed by atoms with van der Waals surface area (Å²) in [7, 11) is 0. The van der Waals surface area contributed by atoms with Gasteiger partial charge in [-0.1, -0.05) is 66.2 Å². The fraction of sp³-hybridized carbons (Fsp3) is 0.0714. The molecule has 4 aromatic carbocycles. The molecular formula is C28H20ClF3N2O2S. The zero-order valence-corrected chi connectivity index (χ0v) is 20.7. The molecule has 0 spiro atoms. The Labute approximate surface area is 220 Å². The molecule has 0 bridgehead atoms. The third-order valence-corrected chi connectivity index (χ3v) is 6.75. The summed E-state index contributed by atoms with van der Waals surface area (Å²) < 4.78 is 40.4. The lowest BCUT2D eigenvalue weighted by atomic mass is 10.1. The molecule has 0 saturated heterocycles. The number of carbonyl (C=O) groups is 2. The van der Waals surface area contributed by atoms with Crippen molar-refractivity contribution in [3.63, 3.8) is 0 Å². The molecule has 4 nitrogen and oxygen atoms in total. The molecule has 0 fully saturated rings. The Kier molecular flexibility index (Phi) is 8.21. The minimum atomic E-state index is -4.62. The average molecular weight is 541 g/mol. The molecule has 0 radical (unpaired) electrons. The number of amides is 2. The van der Waals surface area contributed by atoms with Gasteiger partial charge >= 0.3 is 6.18 Å². The van der Waals surface area contributed by atoms with E-state index >= 15 is 0 Å². The Morgan fingerprint density at radius 3 is 2.22 bits per heavy atom. The molecule has 37 heavy (non-hydrogen) atoms. The van der Waals surface area contributed by atoms with Gasteiger partial charge in [0, 0.05) is 21.2 Å². The summed E-state index contributed by atoms with van der Waals surface area (Å²) in [5, 5.41) is 4.81. The second-order valence-corrected chi connectivity index (χ2v) is 9.55. The van der Waals surface area contributed by atoms with Crippen molar-refractivity contribution >= 4 is 46.6 Å². The van der Waals surface area contributed by atoms with Crippen LogP contribution in [0.25, 0.3) is 0 Å². The third kappa shape index (κ3) is 6.93. The summed E-state index contributed by atoms with van der Waals surface area (Å²) in [6.45, 7) is 0. The number of benzene rings is 4. The van der Waals surface area contributed by atoms with Gasteiger partial charge in [0.25, 0.3) is 5.91 Å². The second-order valence-electron chi connectivity index (χ2n) is 7.93. The number of anilines is 2. The van der Waals surface area contributed by atoms with Gasteiger partial charge in [-0.2, -0.15) is 13.2 Å². The first-order valence-corrected chi connectivity index (χ1v) is 12.3. The quantitative estimate of drug-likeness (QED) is 0.233. The number of halogens is 4. The average Bonchev–Trinajstić information content (AvgIpc) is 2.87. The first-order chi connectivity index (χ1) is 17.7. The van der Waals surface area contributed by atoms with Crippen LogP contribution in [0.15, 0.2) is 108 Å². The van der Waals surface area contributed by atoms with Crippen LogP contribution < -0.4 is 10.6 Å². The van der Waals surface area contributed by atoms with Crippen LogP contribution in [0.1, 0.15) is 26.7 Å². The Hall–Kier alpha value is -3.75. The molecule has 2 N–H and O–H groups in total. The highest BCUT2D eigenvalue weighted by molar-refractivity contribution is 8.00. The standard InChI is InChI=1S/C28H20ClF3N2O2S/c29-20-11-6-10-19(16-20)26(35)33-21-12-7-13-22(17-21)37-25(18-8-2-1-3-9-18)27(36)34-24-15-5-4-14-23(24)28(30,31)32/h1-17,25H,(H,33,35)(H,34,36). The molecule has 0 aromatic heterocycles. The predicted octanol–water partition coefficient (Wildman–Crippen LogP) is 8.08. The van der Waals surface area contributed by atoms with Crippen LogP contribution in [0.4, 0.5) is 24.5 Å². The fourth-order valence-corrected chi connectivity index (χ4v) is 4.83. The fourth-order valence-electron chi connectivity index (χ4n) is 3.55. The van der Waals surface area contributed by atoms with Crippen molar-refractivity contribution in [2.45, 2.75) is 16.3 Å². The maximum absolute atomic E-state index is 13.5. The smallest absolute Gasteiger partial charge is 0.324 e. The largest absolute Gasteiger partial charge is 0.418 e. The van der Waals surface area contributed by atoms with Crippen molar-refractivity contribution in [1.29, 1.82) is 0 Å². The molecule has 0 aliphatic carbocycles. The normalized spacial score (nSPS) is 12.0. The molecule has 4 aromatic rings. The van der Waals surface area contributed by atoms with Crippen molar-refractivity contribution < 1.29 is 22.8 Å². The van der Waals surface area contributed by atoms with Gasteiger partial charge < -0.3 is 10.6 Å². The molecule has 0 aliphatic heterocycles. The minimum absolute atomic E-state index is 0.316. The van der Waals surface area contributed by atoms with Crippen LogP contribution in [0, 0.1) is 0 Å². The topological polar surface area (TPSA) is 58.2 Å². The lowest BCUT2D eigenvalue weighted by Gasteiger charge is -2.19. The first-order valence-electron chi connectivity index (χ1n) is 11.1. The van der Waals surface area contributed by atoms with Gasteiger partial charge in [-0.15, -0.1) is 11.8 Å². The Morgan fingerprint density at radius 2 is 1.49 bits per heavy atom. The van der Waals surface area contributed by atoms with E-state index in [-0.39, 0.29) is 11.6 Å². The molecule has 188 valence electrons. The van der Waals surface area contributed by atoms with Crippen molar-refractivity contribution in [3.8, 4) is 0 Å². The second kappa shape index (κ2) is 11.5. The van der Waals surface area contributed by atoms with Gasteiger partial charge in [0.1, 0.15) is 5.25 Å². The van der Waals surface area contributed by atoms with Crippen LogP contribution in [0.5, 0.6) is 0 Å². The molecule has 4 rings (SSSR count). The molecule has 1 unspecified atom stereocenters. The van der Waals surface area contributed by atoms with Gasteiger partial charge in [-0.3, -0.25) is 9.59 Å². The zero-order chi connectivity index (χ0) is 26.4. The number of nitrogens with one attached hydrogen (secondary N) is 2. The third-order valence-electron chi connectivity index (χ3n) is 5.26. The van der Waals surface area contributed by atoms with Gasteiger partial charge in [0.2, 0.25) is 5.91 Å². The maximum Gasteiger partial charge on any atom is 0.418 e. The summed E-state index contributed by atoms with van der Waals surface area (Å²) in [4.78, 5) is 26.5. The lowest BCUT2D eigenvalue weighted by molar-refractivity contribution is -0.137.